The van der Waals surface area contributed by atoms with E-state index in [0.717, 1.165) is 15.8 Å². The van der Waals surface area contributed by atoms with Gasteiger partial charge in [0.1, 0.15) is 0 Å². The fourth-order valence-electron chi connectivity index (χ4n) is 2.32. The van der Waals surface area contributed by atoms with Gasteiger partial charge in [0.25, 0.3) is 0 Å². The van der Waals surface area contributed by atoms with E-state index < -0.39 is 10.0 Å². The summed E-state index contributed by atoms with van der Waals surface area (Å²) in [5, 5.41) is -0.150. The number of sulfonamides is 1. The Labute approximate surface area is 137 Å². The first-order chi connectivity index (χ1) is 10.1. The highest BCUT2D eigenvalue weighted by Crippen LogP contribution is 2.41. The van der Waals surface area contributed by atoms with Gasteiger partial charge in [0, 0.05) is 16.8 Å². The van der Waals surface area contributed by atoms with Gasteiger partial charge in [-0.25, -0.2) is 8.42 Å². The SMILES string of the molecule is O=S(=O)(c1ccccc1)N1CCS[C@H]1c1ccc(Br)cc1. The first-order valence-electron chi connectivity index (χ1n) is 6.53. The number of halogens is 1. The van der Waals surface area contributed by atoms with Crippen LogP contribution in [0.2, 0.25) is 0 Å². The van der Waals surface area contributed by atoms with Crippen LogP contribution in [0.3, 0.4) is 0 Å². The molecule has 0 bridgehead atoms. The van der Waals surface area contributed by atoms with Gasteiger partial charge in [0.05, 0.1) is 10.3 Å². The molecule has 0 N–H and O–H groups in total. The van der Waals surface area contributed by atoms with Crippen LogP contribution in [0.4, 0.5) is 0 Å². The van der Waals surface area contributed by atoms with Crippen molar-refractivity contribution >= 4 is 37.7 Å². The summed E-state index contributed by atoms with van der Waals surface area (Å²) >= 11 is 5.07. The summed E-state index contributed by atoms with van der Waals surface area (Å²) in [6, 6.07) is 16.5. The normalized spacial score (nSPS) is 19.8. The monoisotopic (exact) mass is 383 g/mol. The quantitative estimate of drug-likeness (QED) is 0.806. The number of nitrogens with zero attached hydrogens (tertiary/aromatic N) is 1. The van der Waals surface area contributed by atoms with E-state index in [1.807, 2.05) is 30.3 Å². The molecule has 0 radical (unpaired) electrons. The Bertz CT molecular complexity index is 717. The largest absolute Gasteiger partial charge is 0.244 e. The Balaban J connectivity index is 1.96. The van der Waals surface area contributed by atoms with Gasteiger partial charge in [-0.15, -0.1) is 11.8 Å². The van der Waals surface area contributed by atoms with Crippen LogP contribution in [0.25, 0.3) is 0 Å². The van der Waals surface area contributed by atoms with Gasteiger partial charge in [0.15, 0.2) is 0 Å². The van der Waals surface area contributed by atoms with Crippen LogP contribution in [-0.2, 0) is 10.0 Å². The first-order valence-corrected chi connectivity index (χ1v) is 9.81. The summed E-state index contributed by atoms with van der Waals surface area (Å²) in [5.74, 6) is 0.812. The van der Waals surface area contributed by atoms with Crippen molar-refractivity contribution in [2.75, 3.05) is 12.3 Å². The minimum Gasteiger partial charge on any atom is -0.207 e. The van der Waals surface area contributed by atoms with Crippen LogP contribution in [0.15, 0.2) is 64.0 Å². The third kappa shape index (κ3) is 3.04. The minimum absolute atomic E-state index is 0.150. The molecular formula is C15H14BrNO2S2. The van der Waals surface area contributed by atoms with Gasteiger partial charge in [-0.1, -0.05) is 46.3 Å². The maximum absolute atomic E-state index is 12.8. The predicted octanol–water partition coefficient (Wildman–Crippen LogP) is 3.89. The van der Waals surface area contributed by atoms with Crippen molar-refractivity contribution in [3.05, 3.63) is 64.6 Å². The maximum atomic E-state index is 12.8. The Hall–Kier alpha value is -0.820. The Morgan fingerprint density at radius 1 is 1.05 bits per heavy atom. The Kier molecular flexibility index (Phi) is 4.40. The van der Waals surface area contributed by atoms with Gasteiger partial charge in [-0.2, -0.15) is 4.31 Å². The van der Waals surface area contributed by atoms with Gasteiger partial charge < -0.3 is 0 Å². The molecule has 0 aliphatic carbocycles. The summed E-state index contributed by atoms with van der Waals surface area (Å²) < 4.78 is 28.2. The average molecular weight is 384 g/mol. The highest BCUT2D eigenvalue weighted by molar-refractivity contribution is 9.10. The topological polar surface area (TPSA) is 37.4 Å². The average Bonchev–Trinajstić information content (AvgIpc) is 2.99. The van der Waals surface area contributed by atoms with Crippen LogP contribution in [0.1, 0.15) is 10.9 Å². The maximum Gasteiger partial charge on any atom is 0.244 e. The fraction of sp³-hybridized carbons (Fsp3) is 0.200. The molecule has 1 heterocycles. The summed E-state index contributed by atoms with van der Waals surface area (Å²) in [4.78, 5) is 0.356. The Morgan fingerprint density at radius 2 is 1.71 bits per heavy atom. The standard InChI is InChI=1S/C15H14BrNO2S2/c16-13-8-6-12(7-9-13)15-17(10-11-20-15)21(18,19)14-4-2-1-3-5-14/h1-9,15H,10-11H2/t15-/m0/s1. The van der Waals surface area contributed by atoms with Crippen molar-refractivity contribution in [1.82, 2.24) is 4.31 Å². The van der Waals surface area contributed by atoms with Gasteiger partial charge in [-0.3, -0.25) is 0 Å². The molecule has 0 spiro atoms. The number of benzene rings is 2. The van der Waals surface area contributed by atoms with Crippen LogP contribution in [0, 0.1) is 0 Å². The van der Waals surface area contributed by atoms with E-state index in [1.165, 1.54) is 0 Å². The van der Waals surface area contributed by atoms with Crippen molar-refractivity contribution in [3.8, 4) is 0 Å². The highest BCUT2D eigenvalue weighted by atomic mass is 79.9. The molecule has 1 saturated heterocycles. The molecule has 1 atom stereocenters. The van der Waals surface area contributed by atoms with Crippen LogP contribution in [-0.4, -0.2) is 25.0 Å². The molecule has 0 aromatic heterocycles. The van der Waals surface area contributed by atoms with E-state index in [2.05, 4.69) is 15.9 Å². The molecule has 0 saturated carbocycles. The molecule has 21 heavy (non-hydrogen) atoms. The second-order valence-corrected chi connectivity index (χ2v) is 8.70. The minimum atomic E-state index is -3.45. The van der Waals surface area contributed by atoms with Crippen molar-refractivity contribution < 1.29 is 8.42 Å². The van der Waals surface area contributed by atoms with Crippen LogP contribution < -0.4 is 0 Å². The molecule has 0 unspecified atom stereocenters. The van der Waals surface area contributed by atoms with E-state index in [1.54, 1.807) is 40.3 Å². The summed E-state index contributed by atoms with van der Waals surface area (Å²) in [6.07, 6.45) is 0. The lowest BCUT2D eigenvalue weighted by Crippen LogP contribution is -2.30. The lowest BCUT2D eigenvalue weighted by atomic mass is 10.2. The third-order valence-electron chi connectivity index (χ3n) is 3.35. The zero-order valence-electron chi connectivity index (χ0n) is 11.1. The molecular weight excluding hydrogens is 370 g/mol. The van der Waals surface area contributed by atoms with E-state index >= 15 is 0 Å². The molecule has 110 valence electrons. The lowest BCUT2D eigenvalue weighted by molar-refractivity contribution is 0.434. The molecule has 1 fully saturated rings. The number of thioether (sulfide) groups is 1. The van der Waals surface area contributed by atoms with Crippen molar-refractivity contribution in [2.24, 2.45) is 0 Å². The van der Waals surface area contributed by atoms with Gasteiger partial charge >= 0.3 is 0 Å². The molecule has 6 heteroatoms. The second-order valence-electron chi connectivity index (χ2n) is 4.70. The molecule has 0 amide bonds. The first kappa shape index (κ1) is 15.1. The van der Waals surface area contributed by atoms with E-state index in [-0.39, 0.29) is 5.37 Å². The van der Waals surface area contributed by atoms with E-state index in [9.17, 15) is 8.42 Å². The summed E-state index contributed by atoms with van der Waals surface area (Å²) in [7, 11) is -3.45. The zero-order valence-corrected chi connectivity index (χ0v) is 14.4. The zero-order chi connectivity index (χ0) is 14.9. The van der Waals surface area contributed by atoms with E-state index in [4.69, 9.17) is 0 Å². The number of rotatable bonds is 3. The number of hydrogen-bond acceptors (Lipinski definition) is 3. The molecule has 1 aliphatic heterocycles. The predicted molar refractivity (Wildman–Crippen MR) is 89.7 cm³/mol. The van der Waals surface area contributed by atoms with Crippen molar-refractivity contribution in [1.29, 1.82) is 0 Å². The molecule has 2 aromatic carbocycles. The molecule has 2 aromatic rings. The van der Waals surface area contributed by atoms with E-state index in [0.29, 0.717) is 11.4 Å². The highest BCUT2D eigenvalue weighted by Gasteiger charge is 2.36. The van der Waals surface area contributed by atoms with Gasteiger partial charge in [-0.05, 0) is 29.8 Å². The molecule has 3 rings (SSSR count). The lowest BCUT2D eigenvalue weighted by Gasteiger charge is -2.23. The smallest absolute Gasteiger partial charge is 0.207 e. The van der Waals surface area contributed by atoms with Crippen LogP contribution >= 0.6 is 27.7 Å². The van der Waals surface area contributed by atoms with Crippen molar-refractivity contribution in [3.63, 3.8) is 0 Å². The molecule has 1 aliphatic rings. The number of hydrogen-bond donors (Lipinski definition) is 0. The Morgan fingerprint density at radius 3 is 2.38 bits per heavy atom. The molecule has 3 nitrogen and oxygen atoms in total. The van der Waals surface area contributed by atoms with Crippen LogP contribution in [0.5, 0.6) is 0 Å². The van der Waals surface area contributed by atoms with Gasteiger partial charge in [0.2, 0.25) is 10.0 Å². The second kappa shape index (κ2) is 6.12. The fourth-order valence-corrected chi connectivity index (χ4v) is 5.84. The third-order valence-corrected chi connectivity index (χ3v) is 7.16. The van der Waals surface area contributed by atoms with Crippen molar-refractivity contribution in [2.45, 2.75) is 10.3 Å². The summed E-state index contributed by atoms with van der Waals surface area (Å²) in [6.45, 7) is 0.544. The summed E-state index contributed by atoms with van der Waals surface area (Å²) in [5.41, 5.74) is 1.01.